The lowest BCUT2D eigenvalue weighted by molar-refractivity contribution is 0.0979. The van der Waals surface area contributed by atoms with Gasteiger partial charge in [-0.1, -0.05) is 30.3 Å². The van der Waals surface area contributed by atoms with Crippen molar-refractivity contribution in [1.29, 1.82) is 0 Å². The summed E-state index contributed by atoms with van der Waals surface area (Å²) in [4.78, 5) is 12.4. The van der Waals surface area contributed by atoms with Crippen molar-refractivity contribution in [3.05, 3.63) is 71.7 Å². The zero-order valence-electron chi connectivity index (χ0n) is 14.1. The lowest BCUT2D eigenvalue weighted by Gasteiger charge is -2.24. The number of rotatable bonds is 5. The first kappa shape index (κ1) is 18.1. The molecule has 3 rings (SSSR count). The van der Waals surface area contributed by atoms with Crippen LogP contribution in [0.15, 0.2) is 59.2 Å². The molecule has 1 unspecified atom stereocenters. The fraction of sp³-hybridized carbons (Fsp3) is 0.167. The van der Waals surface area contributed by atoms with Gasteiger partial charge in [-0.05, 0) is 30.7 Å². The second-order valence-corrected chi connectivity index (χ2v) is 7.56. The van der Waals surface area contributed by atoms with Gasteiger partial charge >= 0.3 is 10.2 Å². The first-order chi connectivity index (χ1) is 12.3. The van der Waals surface area contributed by atoms with E-state index in [1.165, 1.54) is 37.6 Å². The summed E-state index contributed by atoms with van der Waals surface area (Å²) in [5.41, 5.74) is 1.22. The summed E-state index contributed by atoms with van der Waals surface area (Å²) in [6.45, 7) is 1.64. The van der Waals surface area contributed by atoms with Crippen molar-refractivity contribution in [3.8, 4) is 0 Å². The molecule has 0 radical (unpaired) electrons. The summed E-state index contributed by atoms with van der Waals surface area (Å²) >= 11 is 0. The Bertz CT molecular complexity index is 1040. The van der Waals surface area contributed by atoms with E-state index in [1.807, 2.05) is 4.72 Å². The van der Waals surface area contributed by atoms with E-state index in [9.17, 15) is 17.6 Å². The molecule has 136 valence electrons. The molecule has 0 aliphatic heterocycles. The van der Waals surface area contributed by atoms with Gasteiger partial charge in [0.1, 0.15) is 17.7 Å². The van der Waals surface area contributed by atoms with Crippen molar-refractivity contribution < 1.29 is 22.0 Å². The van der Waals surface area contributed by atoms with Crippen LogP contribution in [-0.4, -0.2) is 25.7 Å². The Morgan fingerprint density at radius 3 is 2.50 bits per heavy atom. The minimum atomic E-state index is -4.11. The Labute approximate surface area is 150 Å². The van der Waals surface area contributed by atoms with Gasteiger partial charge in [-0.3, -0.25) is 4.79 Å². The van der Waals surface area contributed by atoms with Crippen molar-refractivity contribution in [2.24, 2.45) is 0 Å². The average molecular weight is 376 g/mol. The largest absolute Gasteiger partial charge is 0.463 e. The van der Waals surface area contributed by atoms with Gasteiger partial charge in [0.2, 0.25) is 0 Å². The molecule has 1 heterocycles. The number of nitrogens with zero attached hydrogens (tertiary/aromatic N) is 1. The Morgan fingerprint density at radius 1 is 1.15 bits per heavy atom. The number of nitrogens with one attached hydrogen (secondary N) is 1. The molecule has 0 fully saturated rings. The summed E-state index contributed by atoms with van der Waals surface area (Å²) < 4.78 is 46.5. The molecule has 0 bridgehead atoms. The maximum absolute atomic E-state index is 13.0. The van der Waals surface area contributed by atoms with E-state index < -0.39 is 28.0 Å². The van der Waals surface area contributed by atoms with Crippen molar-refractivity contribution in [2.75, 3.05) is 7.05 Å². The lowest BCUT2D eigenvalue weighted by Crippen LogP contribution is -2.42. The van der Waals surface area contributed by atoms with Crippen LogP contribution in [0.3, 0.4) is 0 Å². The molecule has 3 aromatic rings. The third-order valence-corrected chi connectivity index (χ3v) is 5.74. The zero-order chi connectivity index (χ0) is 18.9. The van der Waals surface area contributed by atoms with Crippen LogP contribution >= 0.6 is 0 Å². The lowest BCUT2D eigenvalue weighted by atomic mass is 10.1. The minimum Gasteiger partial charge on any atom is -0.463 e. The highest BCUT2D eigenvalue weighted by Crippen LogP contribution is 2.23. The molecular formula is C18H17FN2O4S. The van der Waals surface area contributed by atoms with Gasteiger partial charge in [-0.15, -0.1) is 0 Å². The smallest absolute Gasteiger partial charge is 0.304 e. The van der Waals surface area contributed by atoms with Crippen LogP contribution in [0.5, 0.6) is 0 Å². The van der Waals surface area contributed by atoms with Gasteiger partial charge in [-0.25, -0.2) is 9.11 Å². The van der Waals surface area contributed by atoms with Crippen molar-refractivity contribution in [3.63, 3.8) is 0 Å². The Morgan fingerprint density at radius 2 is 1.81 bits per heavy atom. The third kappa shape index (κ3) is 3.47. The van der Waals surface area contributed by atoms with Gasteiger partial charge in [0, 0.05) is 18.5 Å². The molecule has 1 amide bonds. The van der Waals surface area contributed by atoms with E-state index in [4.69, 9.17) is 4.42 Å². The fourth-order valence-electron chi connectivity index (χ4n) is 2.56. The van der Waals surface area contributed by atoms with Crippen molar-refractivity contribution in [2.45, 2.75) is 13.0 Å². The normalized spacial score (nSPS) is 13.1. The summed E-state index contributed by atoms with van der Waals surface area (Å²) in [7, 11) is -2.77. The summed E-state index contributed by atoms with van der Waals surface area (Å²) in [6.07, 6.45) is 1.22. The van der Waals surface area contributed by atoms with E-state index in [0.717, 1.165) is 4.31 Å². The molecule has 1 atom stereocenters. The maximum atomic E-state index is 13.0. The fourth-order valence-corrected chi connectivity index (χ4v) is 3.58. The maximum Gasteiger partial charge on any atom is 0.304 e. The number of carbonyl (C=O) groups excluding carboxylic acids is 1. The molecule has 1 aromatic heterocycles. The van der Waals surface area contributed by atoms with Gasteiger partial charge < -0.3 is 4.42 Å². The van der Waals surface area contributed by atoms with Crippen LogP contribution in [0.2, 0.25) is 0 Å². The Kier molecular flexibility index (Phi) is 4.80. The highest BCUT2D eigenvalue weighted by atomic mass is 32.2. The van der Waals surface area contributed by atoms with Crippen LogP contribution in [0.25, 0.3) is 11.0 Å². The zero-order valence-corrected chi connectivity index (χ0v) is 15.0. The SMILES string of the molecule is CC(c1ccc(F)cc1)N(C)S(=O)(=O)NC(=O)c1coc2ccccc12. The van der Waals surface area contributed by atoms with E-state index in [1.54, 1.807) is 31.2 Å². The van der Waals surface area contributed by atoms with Crippen LogP contribution in [0, 0.1) is 5.82 Å². The highest BCUT2D eigenvalue weighted by molar-refractivity contribution is 7.87. The quantitative estimate of drug-likeness (QED) is 0.741. The minimum absolute atomic E-state index is 0.131. The average Bonchev–Trinajstić information content (AvgIpc) is 3.05. The van der Waals surface area contributed by atoms with E-state index >= 15 is 0 Å². The van der Waals surface area contributed by atoms with Crippen LogP contribution in [0.1, 0.15) is 28.9 Å². The van der Waals surface area contributed by atoms with E-state index in [0.29, 0.717) is 16.5 Å². The third-order valence-electron chi connectivity index (χ3n) is 4.22. The Hall–Kier alpha value is -2.71. The predicted octanol–water partition coefficient (Wildman–Crippen LogP) is 3.24. The summed E-state index contributed by atoms with van der Waals surface area (Å²) in [5, 5.41) is 0.523. The van der Waals surface area contributed by atoms with Crippen molar-refractivity contribution in [1.82, 2.24) is 9.03 Å². The predicted molar refractivity (Wildman–Crippen MR) is 95.2 cm³/mol. The monoisotopic (exact) mass is 376 g/mol. The van der Waals surface area contributed by atoms with Gasteiger partial charge in [0.15, 0.2) is 0 Å². The van der Waals surface area contributed by atoms with Crippen LogP contribution in [0.4, 0.5) is 4.39 Å². The molecular weight excluding hydrogens is 359 g/mol. The standard InChI is InChI=1S/C18H17FN2O4S/c1-12(13-7-9-14(19)10-8-13)21(2)26(23,24)20-18(22)16-11-25-17-6-4-3-5-15(16)17/h3-12H,1-2H3,(H,20,22). The van der Waals surface area contributed by atoms with E-state index in [2.05, 4.69) is 0 Å². The number of carbonyl (C=O) groups is 1. The van der Waals surface area contributed by atoms with Crippen LogP contribution in [-0.2, 0) is 10.2 Å². The molecule has 0 spiro atoms. The number of benzene rings is 2. The molecule has 1 N–H and O–H groups in total. The van der Waals surface area contributed by atoms with Crippen LogP contribution < -0.4 is 4.72 Å². The molecule has 0 aliphatic carbocycles. The second-order valence-electron chi connectivity index (χ2n) is 5.83. The highest BCUT2D eigenvalue weighted by Gasteiger charge is 2.27. The van der Waals surface area contributed by atoms with E-state index in [-0.39, 0.29) is 5.56 Å². The topological polar surface area (TPSA) is 79.6 Å². The number of para-hydroxylation sites is 1. The molecule has 2 aromatic carbocycles. The van der Waals surface area contributed by atoms with Gasteiger partial charge in [0.05, 0.1) is 5.56 Å². The molecule has 6 nitrogen and oxygen atoms in total. The summed E-state index contributed by atoms with van der Waals surface area (Å²) in [5.74, 6) is -1.19. The number of hydrogen-bond donors (Lipinski definition) is 1. The molecule has 0 saturated heterocycles. The Balaban J connectivity index is 1.81. The number of furan rings is 1. The number of hydrogen-bond acceptors (Lipinski definition) is 4. The van der Waals surface area contributed by atoms with Gasteiger partial charge in [-0.2, -0.15) is 12.7 Å². The number of amides is 1. The first-order valence-electron chi connectivity index (χ1n) is 7.81. The van der Waals surface area contributed by atoms with Crippen molar-refractivity contribution >= 4 is 27.1 Å². The first-order valence-corrected chi connectivity index (χ1v) is 9.25. The number of halogens is 1. The number of fused-ring (bicyclic) bond motifs is 1. The molecule has 8 heteroatoms. The molecule has 0 saturated carbocycles. The summed E-state index contributed by atoms with van der Waals surface area (Å²) in [6, 6.07) is 11.7. The molecule has 0 aliphatic rings. The van der Waals surface area contributed by atoms with Gasteiger partial charge in [0.25, 0.3) is 5.91 Å². The molecule has 26 heavy (non-hydrogen) atoms. The second kappa shape index (κ2) is 6.89.